The van der Waals surface area contributed by atoms with Crippen molar-refractivity contribution >= 4 is 0 Å². The van der Waals surface area contributed by atoms with Gasteiger partial charge in [0.25, 0.3) is 0 Å². The molecule has 0 amide bonds. The quantitative estimate of drug-likeness (QED) is 0.578. The SMILES string of the molecule is Cc1ccc(C)nc1.Cc1ccc(C)nc1.Cc1ccnc(C)c1. The molecule has 24 heavy (non-hydrogen) atoms. The number of aromatic nitrogens is 3. The smallest absolute Gasteiger partial charge is 0.0375 e. The minimum atomic E-state index is 1.08. The number of aryl methyl sites for hydroxylation is 6. The fourth-order valence-corrected chi connectivity index (χ4v) is 1.77. The number of pyridine rings is 3. The summed E-state index contributed by atoms with van der Waals surface area (Å²) in [5.74, 6) is 0. The lowest BCUT2D eigenvalue weighted by Crippen LogP contribution is -1.78. The lowest BCUT2D eigenvalue weighted by atomic mass is 10.3. The monoisotopic (exact) mass is 321 g/mol. The van der Waals surface area contributed by atoms with Gasteiger partial charge in [0.1, 0.15) is 0 Å². The molecule has 3 heteroatoms. The molecule has 0 unspecified atom stereocenters. The van der Waals surface area contributed by atoms with Crippen LogP contribution in [0.3, 0.4) is 0 Å². The van der Waals surface area contributed by atoms with E-state index in [1.54, 1.807) is 0 Å². The molecule has 3 aromatic heterocycles. The summed E-state index contributed by atoms with van der Waals surface area (Å²) >= 11 is 0. The lowest BCUT2D eigenvalue weighted by molar-refractivity contribution is 1.17. The van der Waals surface area contributed by atoms with Crippen LogP contribution in [0, 0.1) is 41.5 Å². The molecule has 0 aliphatic heterocycles. The van der Waals surface area contributed by atoms with Gasteiger partial charge in [-0.2, -0.15) is 0 Å². The van der Waals surface area contributed by atoms with Crippen LogP contribution in [0.1, 0.15) is 33.8 Å². The Hall–Kier alpha value is -2.55. The van der Waals surface area contributed by atoms with Crippen LogP contribution < -0.4 is 0 Å². The Morgan fingerprint density at radius 1 is 0.500 bits per heavy atom. The van der Waals surface area contributed by atoms with E-state index in [-0.39, 0.29) is 0 Å². The average molecular weight is 321 g/mol. The standard InChI is InChI=1S/3C7H9N/c1-6-3-4-8-7(2)5-6;2*1-6-3-4-7(2)8-5-6/h3*3-5H,1-2H3. The summed E-state index contributed by atoms with van der Waals surface area (Å²) in [6.45, 7) is 12.1. The zero-order valence-corrected chi connectivity index (χ0v) is 15.5. The third-order valence-corrected chi connectivity index (χ3v) is 3.17. The van der Waals surface area contributed by atoms with Gasteiger partial charge >= 0.3 is 0 Å². The van der Waals surface area contributed by atoms with Crippen molar-refractivity contribution in [2.75, 3.05) is 0 Å². The predicted molar refractivity (Wildman–Crippen MR) is 101 cm³/mol. The number of nitrogens with zero attached hydrogens (tertiary/aromatic N) is 3. The molecule has 0 aliphatic carbocycles. The Balaban J connectivity index is 0.000000180. The molecule has 3 heterocycles. The van der Waals surface area contributed by atoms with Gasteiger partial charge in [-0.25, -0.2) is 0 Å². The zero-order chi connectivity index (χ0) is 17.9. The Labute approximate surface area is 145 Å². The second kappa shape index (κ2) is 10.3. The van der Waals surface area contributed by atoms with E-state index >= 15 is 0 Å². The van der Waals surface area contributed by atoms with Crippen LogP contribution in [0.15, 0.2) is 55.0 Å². The van der Waals surface area contributed by atoms with Gasteiger partial charge in [-0.15, -0.1) is 0 Å². The lowest BCUT2D eigenvalue weighted by Gasteiger charge is -1.90. The molecular weight excluding hydrogens is 294 g/mol. The highest BCUT2D eigenvalue weighted by molar-refractivity contribution is 5.13. The van der Waals surface area contributed by atoms with Crippen molar-refractivity contribution in [1.29, 1.82) is 0 Å². The number of hydrogen-bond donors (Lipinski definition) is 0. The normalized spacial score (nSPS) is 9.25. The van der Waals surface area contributed by atoms with Crippen molar-refractivity contribution < 1.29 is 0 Å². The average Bonchev–Trinajstić information content (AvgIpc) is 2.54. The Kier molecular flexibility index (Phi) is 8.34. The molecule has 126 valence electrons. The Morgan fingerprint density at radius 2 is 1.00 bits per heavy atom. The van der Waals surface area contributed by atoms with Crippen molar-refractivity contribution in [2.45, 2.75) is 41.5 Å². The fourth-order valence-electron chi connectivity index (χ4n) is 1.77. The van der Waals surface area contributed by atoms with Crippen LogP contribution in [0.25, 0.3) is 0 Å². The molecule has 3 rings (SSSR count). The summed E-state index contributed by atoms with van der Waals surface area (Å²) in [4.78, 5) is 12.2. The van der Waals surface area contributed by atoms with Crippen molar-refractivity contribution in [3.63, 3.8) is 0 Å². The summed E-state index contributed by atoms with van der Waals surface area (Å²) in [5.41, 5.74) is 6.96. The van der Waals surface area contributed by atoms with E-state index in [0.29, 0.717) is 0 Å². The van der Waals surface area contributed by atoms with E-state index < -0.39 is 0 Å². The molecule has 3 aromatic rings. The van der Waals surface area contributed by atoms with Crippen LogP contribution in [0.2, 0.25) is 0 Å². The van der Waals surface area contributed by atoms with E-state index in [4.69, 9.17) is 0 Å². The van der Waals surface area contributed by atoms with E-state index in [1.807, 2.05) is 71.4 Å². The maximum absolute atomic E-state index is 4.08. The third kappa shape index (κ3) is 8.79. The second-order valence-corrected chi connectivity index (χ2v) is 5.93. The third-order valence-electron chi connectivity index (χ3n) is 3.17. The minimum absolute atomic E-state index is 1.08. The van der Waals surface area contributed by atoms with Gasteiger partial charge in [-0.3, -0.25) is 15.0 Å². The first-order chi connectivity index (χ1) is 11.4. The molecule has 0 aromatic carbocycles. The van der Waals surface area contributed by atoms with Gasteiger partial charge < -0.3 is 0 Å². The van der Waals surface area contributed by atoms with Crippen molar-refractivity contribution in [3.05, 3.63) is 88.8 Å². The fraction of sp³-hybridized carbons (Fsp3) is 0.286. The summed E-state index contributed by atoms with van der Waals surface area (Å²) < 4.78 is 0. The highest BCUT2D eigenvalue weighted by Crippen LogP contribution is 1.96. The molecule has 0 radical (unpaired) electrons. The molecule has 0 bridgehead atoms. The summed E-state index contributed by atoms with van der Waals surface area (Å²) in [5, 5.41) is 0. The summed E-state index contributed by atoms with van der Waals surface area (Å²) in [6.07, 6.45) is 5.56. The molecule has 0 N–H and O–H groups in total. The summed E-state index contributed by atoms with van der Waals surface area (Å²) in [6, 6.07) is 12.2. The van der Waals surface area contributed by atoms with Crippen LogP contribution in [0.4, 0.5) is 0 Å². The van der Waals surface area contributed by atoms with E-state index in [2.05, 4.69) is 40.1 Å². The first-order valence-electron chi connectivity index (χ1n) is 8.04. The van der Waals surface area contributed by atoms with Crippen molar-refractivity contribution in [2.24, 2.45) is 0 Å². The maximum Gasteiger partial charge on any atom is 0.0375 e. The highest BCUT2D eigenvalue weighted by atomic mass is 14.7. The van der Waals surface area contributed by atoms with Gasteiger partial charge in [0.05, 0.1) is 0 Å². The first-order valence-corrected chi connectivity index (χ1v) is 8.04. The largest absolute Gasteiger partial charge is 0.262 e. The van der Waals surface area contributed by atoms with Crippen LogP contribution >= 0.6 is 0 Å². The second-order valence-electron chi connectivity index (χ2n) is 5.93. The van der Waals surface area contributed by atoms with E-state index in [9.17, 15) is 0 Å². The van der Waals surface area contributed by atoms with E-state index in [0.717, 1.165) is 17.1 Å². The Morgan fingerprint density at radius 3 is 1.25 bits per heavy atom. The van der Waals surface area contributed by atoms with Crippen molar-refractivity contribution in [1.82, 2.24) is 15.0 Å². The molecule has 0 spiro atoms. The van der Waals surface area contributed by atoms with Gasteiger partial charge in [0.15, 0.2) is 0 Å². The van der Waals surface area contributed by atoms with E-state index in [1.165, 1.54) is 16.7 Å². The van der Waals surface area contributed by atoms with Crippen LogP contribution in [-0.4, -0.2) is 15.0 Å². The zero-order valence-electron chi connectivity index (χ0n) is 15.5. The summed E-state index contributed by atoms with van der Waals surface area (Å²) in [7, 11) is 0. The number of rotatable bonds is 0. The molecule has 0 aliphatic rings. The van der Waals surface area contributed by atoms with Gasteiger partial charge in [-0.1, -0.05) is 12.1 Å². The Bertz CT molecular complexity index is 614. The molecule has 0 fully saturated rings. The first kappa shape index (κ1) is 19.5. The topological polar surface area (TPSA) is 38.7 Å². The highest BCUT2D eigenvalue weighted by Gasteiger charge is 1.83. The molecule has 0 saturated carbocycles. The van der Waals surface area contributed by atoms with Gasteiger partial charge in [0.2, 0.25) is 0 Å². The predicted octanol–water partition coefficient (Wildman–Crippen LogP) is 5.10. The van der Waals surface area contributed by atoms with Crippen LogP contribution in [-0.2, 0) is 0 Å². The van der Waals surface area contributed by atoms with Crippen LogP contribution in [0.5, 0.6) is 0 Å². The van der Waals surface area contributed by atoms with Gasteiger partial charge in [-0.05, 0) is 82.5 Å². The van der Waals surface area contributed by atoms with Crippen molar-refractivity contribution in [3.8, 4) is 0 Å². The molecule has 0 atom stereocenters. The number of hydrogen-bond acceptors (Lipinski definition) is 3. The maximum atomic E-state index is 4.08. The van der Waals surface area contributed by atoms with Gasteiger partial charge in [0, 0.05) is 35.7 Å². The minimum Gasteiger partial charge on any atom is -0.262 e. The molecule has 0 saturated heterocycles. The molecule has 3 nitrogen and oxygen atoms in total. The molecular formula is C21H27N3.